The summed E-state index contributed by atoms with van der Waals surface area (Å²) in [6.45, 7) is 8.50. The van der Waals surface area contributed by atoms with Crippen molar-refractivity contribution in [2.45, 2.75) is 46.6 Å². The Balaban J connectivity index is 2.02. The number of para-hydroxylation sites is 2. The minimum Gasteiger partial charge on any atom is -0.492 e. The molecule has 1 N–H and O–H groups in total. The molecule has 0 saturated carbocycles. The molecular weight excluding hydrogens is 400 g/mol. The lowest BCUT2D eigenvalue weighted by molar-refractivity contribution is -0.121. The minimum absolute atomic E-state index is 0.102. The fourth-order valence-electron chi connectivity index (χ4n) is 3.41. The van der Waals surface area contributed by atoms with Crippen LogP contribution in [0.25, 0.3) is 0 Å². The number of benzene rings is 2. The van der Waals surface area contributed by atoms with E-state index in [4.69, 9.17) is 4.74 Å². The van der Waals surface area contributed by atoms with Crippen LogP contribution < -0.4 is 14.4 Å². The molecule has 0 bridgehead atoms. The Morgan fingerprint density at radius 3 is 2.53 bits per heavy atom. The molecule has 1 atom stereocenters. The first-order chi connectivity index (χ1) is 14.1. The molecule has 1 amide bonds. The summed E-state index contributed by atoms with van der Waals surface area (Å²) in [5.74, 6) is 0.411. The predicted molar refractivity (Wildman–Crippen MR) is 122 cm³/mol. The first kappa shape index (κ1) is 23.7. The molecule has 2 aromatic rings. The Kier molecular flexibility index (Phi) is 8.29. The van der Waals surface area contributed by atoms with Crippen molar-refractivity contribution in [3.05, 3.63) is 59.2 Å². The molecule has 0 heterocycles. The summed E-state index contributed by atoms with van der Waals surface area (Å²) < 4.78 is 31.6. The molecule has 2 aromatic carbocycles. The number of rotatable bonds is 10. The van der Waals surface area contributed by atoms with Gasteiger partial charge in [0.25, 0.3) is 0 Å². The topological polar surface area (TPSA) is 75.7 Å². The van der Waals surface area contributed by atoms with Crippen molar-refractivity contribution in [3.63, 3.8) is 0 Å². The molecule has 2 rings (SSSR count). The zero-order valence-electron chi connectivity index (χ0n) is 18.4. The molecule has 7 heteroatoms. The lowest BCUT2D eigenvalue weighted by Gasteiger charge is -2.24. The number of ether oxygens (including phenoxy) is 1. The molecule has 0 spiro atoms. The third-order valence-electron chi connectivity index (χ3n) is 4.88. The van der Waals surface area contributed by atoms with Gasteiger partial charge in [-0.1, -0.05) is 35.9 Å². The lowest BCUT2D eigenvalue weighted by Crippen LogP contribution is -2.33. The molecule has 164 valence electrons. The third kappa shape index (κ3) is 6.49. The molecule has 1 unspecified atom stereocenters. The largest absolute Gasteiger partial charge is 0.492 e. The van der Waals surface area contributed by atoms with Crippen molar-refractivity contribution in [1.29, 1.82) is 0 Å². The highest BCUT2D eigenvalue weighted by Crippen LogP contribution is 2.30. The van der Waals surface area contributed by atoms with E-state index in [9.17, 15) is 13.2 Å². The molecule has 0 fully saturated rings. The van der Waals surface area contributed by atoms with E-state index in [-0.39, 0.29) is 24.9 Å². The summed E-state index contributed by atoms with van der Waals surface area (Å²) in [6, 6.07) is 13.1. The van der Waals surface area contributed by atoms with E-state index in [1.54, 1.807) is 24.3 Å². The van der Waals surface area contributed by atoms with Gasteiger partial charge in [-0.15, -0.1) is 0 Å². The molecule has 0 aromatic heterocycles. The predicted octanol–water partition coefficient (Wildman–Crippen LogP) is 4.13. The molecule has 0 saturated heterocycles. The molecule has 0 aliphatic heterocycles. The van der Waals surface area contributed by atoms with E-state index in [0.717, 1.165) is 16.7 Å². The first-order valence-electron chi connectivity index (χ1n) is 10.2. The Morgan fingerprint density at radius 2 is 1.87 bits per heavy atom. The van der Waals surface area contributed by atoms with E-state index in [1.807, 2.05) is 39.8 Å². The van der Waals surface area contributed by atoms with Crippen LogP contribution in [0.1, 0.15) is 49.4 Å². The van der Waals surface area contributed by atoms with Gasteiger partial charge in [0.2, 0.25) is 15.9 Å². The SMILES string of the molecule is CCOc1ccccc1N(CCCC(=O)NC(C)c1cc(C)ccc1C)S(C)(=O)=O. The summed E-state index contributed by atoms with van der Waals surface area (Å²) in [7, 11) is -3.51. The van der Waals surface area contributed by atoms with Crippen molar-refractivity contribution < 1.29 is 17.9 Å². The van der Waals surface area contributed by atoms with Gasteiger partial charge in [-0.2, -0.15) is 0 Å². The van der Waals surface area contributed by atoms with Crippen LogP contribution in [0.2, 0.25) is 0 Å². The monoisotopic (exact) mass is 432 g/mol. The average molecular weight is 433 g/mol. The minimum atomic E-state index is -3.51. The van der Waals surface area contributed by atoms with Gasteiger partial charge in [0, 0.05) is 13.0 Å². The number of nitrogens with zero attached hydrogens (tertiary/aromatic N) is 1. The average Bonchev–Trinajstić information content (AvgIpc) is 2.67. The van der Waals surface area contributed by atoms with E-state index in [1.165, 1.54) is 10.6 Å². The highest BCUT2D eigenvalue weighted by molar-refractivity contribution is 7.92. The molecule has 30 heavy (non-hydrogen) atoms. The maximum Gasteiger partial charge on any atom is 0.232 e. The molecule has 0 radical (unpaired) electrons. The van der Waals surface area contributed by atoms with Gasteiger partial charge in [-0.05, 0) is 57.4 Å². The van der Waals surface area contributed by atoms with Crippen LogP contribution in [0.3, 0.4) is 0 Å². The molecular formula is C23H32N2O4S. The van der Waals surface area contributed by atoms with Crippen molar-refractivity contribution in [1.82, 2.24) is 5.32 Å². The van der Waals surface area contributed by atoms with Crippen LogP contribution in [0.5, 0.6) is 5.75 Å². The van der Waals surface area contributed by atoms with Gasteiger partial charge >= 0.3 is 0 Å². The Hall–Kier alpha value is -2.54. The number of carbonyl (C=O) groups excluding carboxylic acids is 1. The van der Waals surface area contributed by atoms with Crippen LogP contribution in [-0.2, 0) is 14.8 Å². The van der Waals surface area contributed by atoms with E-state index in [0.29, 0.717) is 24.5 Å². The van der Waals surface area contributed by atoms with Crippen LogP contribution in [0.4, 0.5) is 5.69 Å². The normalized spacial score (nSPS) is 12.3. The second-order valence-electron chi connectivity index (χ2n) is 7.49. The molecule has 6 nitrogen and oxygen atoms in total. The second-order valence-corrected chi connectivity index (χ2v) is 9.40. The zero-order chi connectivity index (χ0) is 22.3. The van der Waals surface area contributed by atoms with E-state index in [2.05, 4.69) is 11.4 Å². The van der Waals surface area contributed by atoms with Crippen LogP contribution in [0.15, 0.2) is 42.5 Å². The van der Waals surface area contributed by atoms with Gasteiger partial charge < -0.3 is 10.1 Å². The number of carbonyl (C=O) groups is 1. The number of amides is 1. The fraction of sp³-hybridized carbons (Fsp3) is 0.435. The second kappa shape index (κ2) is 10.5. The van der Waals surface area contributed by atoms with Crippen molar-refractivity contribution >= 4 is 21.6 Å². The van der Waals surface area contributed by atoms with Gasteiger partial charge in [-0.3, -0.25) is 9.10 Å². The third-order valence-corrected chi connectivity index (χ3v) is 6.06. The van der Waals surface area contributed by atoms with Crippen molar-refractivity contribution in [2.75, 3.05) is 23.7 Å². The summed E-state index contributed by atoms with van der Waals surface area (Å²) in [4.78, 5) is 12.5. The highest BCUT2D eigenvalue weighted by atomic mass is 32.2. The summed E-state index contributed by atoms with van der Waals surface area (Å²) >= 11 is 0. The number of aryl methyl sites for hydroxylation is 2. The number of sulfonamides is 1. The maximum absolute atomic E-state index is 12.5. The van der Waals surface area contributed by atoms with Crippen molar-refractivity contribution in [3.8, 4) is 5.75 Å². The van der Waals surface area contributed by atoms with Crippen LogP contribution >= 0.6 is 0 Å². The summed E-state index contributed by atoms with van der Waals surface area (Å²) in [5.41, 5.74) is 3.86. The molecule has 0 aliphatic rings. The van der Waals surface area contributed by atoms with Gasteiger partial charge in [0.05, 0.1) is 24.6 Å². The number of hydrogen-bond donors (Lipinski definition) is 1. The fourth-order valence-corrected chi connectivity index (χ4v) is 4.38. The Morgan fingerprint density at radius 1 is 1.17 bits per heavy atom. The summed E-state index contributed by atoms with van der Waals surface area (Å²) in [5, 5.41) is 3.02. The van der Waals surface area contributed by atoms with E-state index < -0.39 is 10.0 Å². The van der Waals surface area contributed by atoms with Crippen LogP contribution in [-0.4, -0.2) is 33.7 Å². The van der Waals surface area contributed by atoms with Crippen molar-refractivity contribution in [2.24, 2.45) is 0 Å². The maximum atomic E-state index is 12.5. The Bertz CT molecular complexity index is 973. The lowest BCUT2D eigenvalue weighted by atomic mass is 10.00. The first-order valence-corrected chi connectivity index (χ1v) is 12.0. The molecule has 0 aliphatic carbocycles. The zero-order valence-corrected chi connectivity index (χ0v) is 19.3. The standard InChI is InChI=1S/C23H32N2O4S/c1-6-29-22-11-8-7-10-21(22)25(30(5,27)28)15-9-12-23(26)24-19(4)20-16-17(2)13-14-18(20)3/h7-8,10-11,13-14,16,19H,6,9,12,15H2,1-5H3,(H,24,26). The van der Waals surface area contributed by atoms with Gasteiger partial charge in [-0.25, -0.2) is 8.42 Å². The van der Waals surface area contributed by atoms with Gasteiger partial charge in [0.1, 0.15) is 5.75 Å². The smallest absolute Gasteiger partial charge is 0.232 e. The number of nitrogens with one attached hydrogen (secondary N) is 1. The van der Waals surface area contributed by atoms with Crippen LogP contribution in [0, 0.1) is 13.8 Å². The summed E-state index contributed by atoms with van der Waals surface area (Å²) in [6.07, 6.45) is 1.80. The quantitative estimate of drug-likeness (QED) is 0.613. The van der Waals surface area contributed by atoms with Gasteiger partial charge in [0.15, 0.2) is 0 Å². The number of hydrogen-bond acceptors (Lipinski definition) is 4. The van der Waals surface area contributed by atoms with E-state index >= 15 is 0 Å². The Labute approximate surface area is 180 Å². The highest BCUT2D eigenvalue weighted by Gasteiger charge is 2.21. The number of anilines is 1.